The molecule has 0 aromatic carbocycles. The van der Waals surface area contributed by atoms with Crippen LogP contribution in [0.25, 0.3) is 0 Å². The maximum Gasteiger partial charge on any atom is 0.326 e. The number of hydrogen-bond donors (Lipinski definition) is 1. The number of ether oxygens (including phenoxy) is 2. The summed E-state index contributed by atoms with van der Waals surface area (Å²) < 4.78 is 9.60. The Kier molecular flexibility index (Phi) is 2.66. The molecule has 4 unspecified atom stereocenters. The SMILES string of the molecule is CNC1(C(=O)OC)CC2CC1C2C(=O)OC. The van der Waals surface area contributed by atoms with Crippen LogP contribution in [0.3, 0.4) is 0 Å². The summed E-state index contributed by atoms with van der Waals surface area (Å²) in [5.41, 5.74) is -0.682. The number of nitrogens with one attached hydrogen (secondary N) is 1. The average Bonchev–Trinajstić information content (AvgIpc) is 2.82. The third kappa shape index (κ3) is 1.21. The second-order valence-electron chi connectivity index (χ2n) is 4.57. The van der Waals surface area contributed by atoms with Gasteiger partial charge in [0.1, 0.15) is 5.54 Å². The molecule has 5 nitrogen and oxygen atoms in total. The molecule has 3 fully saturated rings. The van der Waals surface area contributed by atoms with Crippen LogP contribution in [0.15, 0.2) is 0 Å². The quantitative estimate of drug-likeness (QED) is 0.685. The Morgan fingerprint density at radius 3 is 2.50 bits per heavy atom. The van der Waals surface area contributed by atoms with E-state index in [9.17, 15) is 9.59 Å². The van der Waals surface area contributed by atoms with E-state index in [0.29, 0.717) is 6.42 Å². The molecule has 3 rings (SSSR count). The zero-order valence-electron chi connectivity index (χ0n) is 9.78. The number of rotatable bonds is 3. The van der Waals surface area contributed by atoms with Gasteiger partial charge in [0.05, 0.1) is 20.1 Å². The van der Waals surface area contributed by atoms with Crippen molar-refractivity contribution < 1.29 is 19.1 Å². The Morgan fingerprint density at radius 1 is 1.31 bits per heavy atom. The predicted molar refractivity (Wildman–Crippen MR) is 55.5 cm³/mol. The van der Waals surface area contributed by atoms with Gasteiger partial charge in [-0.05, 0) is 25.8 Å². The number of esters is 2. The molecule has 5 heteroatoms. The minimum atomic E-state index is -0.682. The maximum absolute atomic E-state index is 11.8. The first kappa shape index (κ1) is 11.4. The lowest BCUT2D eigenvalue weighted by atomic mass is 9.69. The lowest BCUT2D eigenvalue weighted by Gasteiger charge is -2.37. The zero-order valence-corrected chi connectivity index (χ0v) is 9.78. The van der Waals surface area contributed by atoms with E-state index in [1.165, 1.54) is 14.2 Å². The van der Waals surface area contributed by atoms with Crippen molar-refractivity contribution >= 4 is 11.9 Å². The maximum atomic E-state index is 11.8. The third-order valence-corrected chi connectivity index (χ3v) is 4.18. The summed E-state index contributed by atoms with van der Waals surface area (Å²) >= 11 is 0. The van der Waals surface area contributed by atoms with Crippen molar-refractivity contribution in [2.45, 2.75) is 18.4 Å². The fraction of sp³-hybridized carbons (Fsp3) is 0.818. The number of methoxy groups -OCH3 is 2. The lowest BCUT2D eigenvalue weighted by molar-refractivity contribution is -0.157. The van der Waals surface area contributed by atoms with Crippen LogP contribution in [-0.2, 0) is 19.1 Å². The van der Waals surface area contributed by atoms with E-state index in [1.54, 1.807) is 7.05 Å². The smallest absolute Gasteiger partial charge is 0.326 e. The summed E-state index contributed by atoms with van der Waals surface area (Å²) in [6.45, 7) is 0. The summed E-state index contributed by atoms with van der Waals surface area (Å²) in [5, 5.41) is 3.05. The summed E-state index contributed by atoms with van der Waals surface area (Å²) in [6, 6.07) is 0. The molecule has 2 bridgehead atoms. The van der Waals surface area contributed by atoms with Gasteiger partial charge in [0, 0.05) is 5.92 Å². The van der Waals surface area contributed by atoms with Crippen LogP contribution < -0.4 is 5.32 Å². The lowest BCUT2D eigenvalue weighted by Crippen LogP contribution is -2.55. The number of carbonyl (C=O) groups is 2. The molecular weight excluding hydrogens is 210 g/mol. The first-order valence-corrected chi connectivity index (χ1v) is 5.46. The van der Waals surface area contributed by atoms with Crippen LogP contribution in [0.5, 0.6) is 0 Å². The van der Waals surface area contributed by atoms with Gasteiger partial charge in [0.15, 0.2) is 0 Å². The minimum absolute atomic E-state index is 0.0161. The molecule has 3 saturated carbocycles. The van der Waals surface area contributed by atoms with Gasteiger partial charge in [-0.3, -0.25) is 9.59 Å². The zero-order chi connectivity index (χ0) is 11.9. The van der Waals surface area contributed by atoms with Crippen molar-refractivity contribution in [3.05, 3.63) is 0 Å². The first-order chi connectivity index (χ1) is 7.60. The molecule has 4 atom stereocenters. The second-order valence-corrected chi connectivity index (χ2v) is 4.57. The molecule has 3 aliphatic carbocycles. The predicted octanol–water partition coefficient (Wildman–Crippen LogP) is -0.0534. The molecule has 0 saturated heterocycles. The van der Waals surface area contributed by atoms with Crippen molar-refractivity contribution in [3.63, 3.8) is 0 Å². The van der Waals surface area contributed by atoms with E-state index in [1.807, 2.05) is 0 Å². The Morgan fingerprint density at radius 2 is 2.00 bits per heavy atom. The molecule has 16 heavy (non-hydrogen) atoms. The Bertz CT molecular complexity index is 330. The van der Waals surface area contributed by atoms with E-state index in [0.717, 1.165) is 6.42 Å². The number of likely N-dealkylation sites (N-methyl/N-ethyl adjacent to an activating group) is 1. The highest BCUT2D eigenvalue weighted by molar-refractivity contribution is 5.86. The topological polar surface area (TPSA) is 64.6 Å². The summed E-state index contributed by atoms with van der Waals surface area (Å²) in [6.07, 6.45) is 1.57. The van der Waals surface area contributed by atoms with Crippen molar-refractivity contribution in [2.75, 3.05) is 21.3 Å². The molecular formula is C11H17NO4. The van der Waals surface area contributed by atoms with E-state index >= 15 is 0 Å². The van der Waals surface area contributed by atoms with Crippen LogP contribution in [0.4, 0.5) is 0 Å². The van der Waals surface area contributed by atoms with Crippen molar-refractivity contribution in [1.29, 1.82) is 0 Å². The Balaban J connectivity index is 2.21. The van der Waals surface area contributed by atoms with Gasteiger partial charge in [-0.1, -0.05) is 0 Å². The molecule has 0 heterocycles. The van der Waals surface area contributed by atoms with Gasteiger partial charge < -0.3 is 14.8 Å². The minimum Gasteiger partial charge on any atom is -0.469 e. The van der Waals surface area contributed by atoms with Gasteiger partial charge in [-0.2, -0.15) is 0 Å². The monoisotopic (exact) mass is 227 g/mol. The van der Waals surface area contributed by atoms with Gasteiger partial charge >= 0.3 is 11.9 Å². The number of fused-ring (bicyclic) bond motifs is 1. The molecule has 90 valence electrons. The van der Waals surface area contributed by atoms with Gasteiger partial charge in [-0.15, -0.1) is 0 Å². The van der Waals surface area contributed by atoms with Crippen molar-refractivity contribution in [3.8, 4) is 0 Å². The van der Waals surface area contributed by atoms with E-state index in [2.05, 4.69) is 5.32 Å². The average molecular weight is 227 g/mol. The van der Waals surface area contributed by atoms with Crippen molar-refractivity contribution in [1.82, 2.24) is 5.32 Å². The Hall–Kier alpha value is -1.10. The van der Waals surface area contributed by atoms with E-state index in [-0.39, 0.29) is 29.7 Å². The summed E-state index contributed by atoms with van der Waals surface area (Å²) in [5.74, 6) is -0.348. The van der Waals surface area contributed by atoms with E-state index < -0.39 is 5.54 Å². The second kappa shape index (κ2) is 3.73. The number of hydrogen-bond acceptors (Lipinski definition) is 5. The van der Waals surface area contributed by atoms with Crippen LogP contribution >= 0.6 is 0 Å². The molecule has 3 aliphatic rings. The van der Waals surface area contributed by atoms with Crippen LogP contribution in [-0.4, -0.2) is 38.7 Å². The molecule has 1 N–H and O–H groups in total. The highest BCUT2D eigenvalue weighted by atomic mass is 16.5. The van der Waals surface area contributed by atoms with Crippen LogP contribution in [0.2, 0.25) is 0 Å². The van der Waals surface area contributed by atoms with Crippen LogP contribution in [0, 0.1) is 17.8 Å². The molecule has 0 spiro atoms. The molecule has 0 aliphatic heterocycles. The first-order valence-electron chi connectivity index (χ1n) is 5.46. The normalized spacial score (nSPS) is 40.1. The summed E-state index contributed by atoms with van der Waals surface area (Å²) in [7, 11) is 4.51. The fourth-order valence-corrected chi connectivity index (χ4v) is 3.33. The molecule has 0 aromatic rings. The molecule has 0 aromatic heterocycles. The number of carbonyl (C=O) groups excluding carboxylic acids is 2. The van der Waals surface area contributed by atoms with Gasteiger partial charge in [0.25, 0.3) is 0 Å². The highest BCUT2D eigenvalue weighted by Crippen LogP contribution is 2.59. The molecule has 0 radical (unpaired) electrons. The van der Waals surface area contributed by atoms with E-state index in [4.69, 9.17) is 9.47 Å². The highest BCUT2D eigenvalue weighted by Gasteiger charge is 2.67. The van der Waals surface area contributed by atoms with Crippen LogP contribution in [0.1, 0.15) is 12.8 Å². The fourth-order valence-electron chi connectivity index (χ4n) is 3.33. The third-order valence-electron chi connectivity index (χ3n) is 4.18. The Labute approximate surface area is 94.5 Å². The van der Waals surface area contributed by atoms with Gasteiger partial charge in [-0.25, -0.2) is 0 Å². The summed E-state index contributed by atoms with van der Waals surface area (Å²) in [4.78, 5) is 23.4. The van der Waals surface area contributed by atoms with Gasteiger partial charge in [0.2, 0.25) is 0 Å². The molecule has 0 amide bonds. The van der Waals surface area contributed by atoms with Crippen molar-refractivity contribution in [2.24, 2.45) is 17.8 Å². The largest absolute Gasteiger partial charge is 0.469 e. The standard InChI is InChI=1S/C11H17NO4/c1-12-11(10(14)16-3)5-6-4-7(11)8(6)9(13)15-2/h6-8,12H,4-5H2,1-3H3.